The topological polar surface area (TPSA) is 66.2 Å². The van der Waals surface area contributed by atoms with E-state index in [1.54, 1.807) is 0 Å². The fourth-order valence-electron chi connectivity index (χ4n) is 7.44. The molecule has 0 spiro atoms. The van der Waals surface area contributed by atoms with E-state index >= 15 is 0 Å². The first-order valence-electron chi connectivity index (χ1n) is 11.4. The highest BCUT2D eigenvalue weighted by molar-refractivity contribution is 6.09. The van der Waals surface area contributed by atoms with Crippen LogP contribution >= 0.6 is 0 Å². The molecule has 5 rings (SSSR count). The Kier molecular flexibility index (Phi) is 4.57. The maximum absolute atomic E-state index is 9.90. The van der Waals surface area contributed by atoms with Crippen molar-refractivity contribution in [2.24, 2.45) is 38.9 Å². The van der Waals surface area contributed by atoms with E-state index in [2.05, 4.69) is 35.6 Å². The molecule has 4 fully saturated rings. The van der Waals surface area contributed by atoms with Gasteiger partial charge < -0.3 is 15.4 Å². The minimum absolute atomic E-state index is 0.113. The van der Waals surface area contributed by atoms with E-state index < -0.39 is 0 Å². The van der Waals surface area contributed by atoms with Crippen LogP contribution in [-0.4, -0.2) is 35.8 Å². The van der Waals surface area contributed by atoms with Crippen molar-refractivity contribution in [2.75, 3.05) is 13.1 Å². The Balaban J connectivity index is 1.44. The van der Waals surface area contributed by atoms with Crippen molar-refractivity contribution < 1.29 is 10.0 Å². The zero-order valence-electron chi connectivity index (χ0n) is 17.4. The van der Waals surface area contributed by atoms with Gasteiger partial charge in [0.1, 0.15) is 6.10 Å². The molecule has 3 saturated carbocycles. The second-order valence-electron chi connectivity index (χ2n) is 10.5. The van der Waals surface area contributed by atoms with Gasteiger partial charge in [-0.05, 0) is 91.7 Å². The van der Waals surface area contributed by atoms with Crippen molar-refractivity contribution in [3.8, 4) is 0 Å². The number of nitrogens with zero attached hydrogens (tertiary/aromatic N) is 2. The van der Waals surface area contributed by atoms with Crippen LogP contribution in [0.15, 0.2) is 22.0 Å². The zero-order valence-corrected chi connectivity index (χ0v) is 17.4. The summed E-state index contributed by atoms with van der Waals surface area (Å²) in [5.41, 5.74) is 3.79. The average Bonchev–Trinajstić information content (AvgIpc) is 3.34. The number of allylic oxidation sites excluding steroid dienone is 2. The van der Waals surface area contributed by atoms with Crippen LogP contribution in [0, 0.1) is 28.6 Å². The molecule has 1 aliphatic heterocycles. The quantitative estimate of drug-likeness (QED) is 0.543. The molecule has 0 aromatic carbocycles. The lowest BCUT2D eigenvalue weighted by atomic mass is 9.47. The van der Waals surface area contributed by atoms with E-state index in [0.29, 0.717) is 17.3 Å². The molecule has 2 N–H and O–H groups in total. The van der Waals surface area contributed by atoms with Gasteiger partial charge in [-0.3, -0.25) is 0 Å². The fraction of sp³-hybridized carbons (Fsp3) is 0.826. The second kappa shape index (κ2) is 6.86. The van der Waals surface area contributed by atoms with Crippen LogP contribution in [-0.2, 0) is 4.84 Å². The first-order chi connectivity index (χ1) is 13.5. The lowest BCUT2D eigenvalue weighted by Gasteiger charge is -2.57. The van der Waals surface area contributed by atoms with Crippen molar-refractivity contribution in [2.45, 2.75) is 77.7 Å². The van der Waals surface area contributed by atoms with Gasteiger partial charge in [0.05, 0.1) is 11.4 Å². The lowest BCUT2D eigenvalue weighted by Crippen LogP contribution is -2.52. The Labute approximate surface area is 168 Å². The molecule has 6 atom stereocenters. The molecule has 4 aliphatic carbocycles. The van der Waals surface area contributed by atoms with E-state index in [4.69, 9.17) is 4.84 Å². The van der Waals surface area contributed by atoms with Crippen LogP contribution in [0.1, 0.15) is 71.6 Å². The Hall–Kier alpha value is -1.36. The van der Waals surface area contributed by atoms with Crippen molar-refractivity contribution in [1.82, 2.24) is 5.32 Å². The average molecular weight is 386 g/mol. The van der Waals surface area contributed by atoms with Gasteiger partial charge in [-0.25, -0.2) is 0 Å². The molecule has 5 aliphatic rings. The summed E-state index contributed by atoms with van der Waals surface area (Å²) in [7, 11) is 0. The molecular formula is C23H35N3O2. The molecule has 0 amide bonds. The van der Waals surface area contributed by atoms with E-state index in [-0.39, 0.29) is 11.5 Å². The van der Waals surface area contributed by atoms with Crippen molar-refractivity contribution in [1.29, 1.82) is 0 Å². The number of nitrogens with one attached hydrogen (secondary N) is 1. The summed E-state index contributed by atoms with van der Waals surface area (Å²) in [6, 6.07) is 0. The third-order valence-electron chi connectivity index (χ3n) is 9.06. The Bertz CT molecular complexity index is 723. The van der Waals surface area contributed by atoms with Crippen LogP contribution < -0.4 is 5.32 Å². The molecule has 0 radical (unpaired) electrons. The number of hydrogen-bond acceptors (Lipinski definition) is 5. The summed E-state index contributed by atoms with van der Waals surface area (Å²) in [5.74, 6) is 2.19. The van der Waals surface area contributed by atoms with E-state index in [1.807, 2.05) is 0 Å². The molecular weight excluding hydrogens is 350 g/mol. The highest BCUT2D eigenvalue weighted by Crippen LogP contribution is 2.64. The highest BCUT2D eigenvalue weighted by atomic mass is 16.6. The van der Waals surface area contributed by atoms with Gasteiger partial charge in [0.15, 0.2) is 0 Å². The van der Waals surface area contributed by atoms with Crippen LogP contribution in [0.3, 0.4) is 0 Å². The molecule has 0 aromatic rings. The predicted molar refractivity (Wildman–Crippen MR) is 111 cm³/mol. The maximum Gasteiger partial charge on any atom is 0.141 e. The molecule has 1 saturated heterocycles. The molecule has 0 unspecified atom stereocenters. The van der Waals surface area contributed by atoms with Gasteiger partial charge in [-0.15, -0.1) is 0 Å². The van der Waals surface area contributed by atoms with Crippen molar-refractivity contribution in [3.05, 3.63) is 11.6 Å². The smallest absolute Gasteiger partial charge is 0.141 e. The fourth-order valence-corrected chi connectivity index (χ4v) is 7.44. The van der Waals surface area contributed by atoms with Gasteiger partial charge in [0.2, 0.25) is 0 Å². The minimum Gasteiger partial charge on any atom is -0.411 e. The third-order valence-corrected chi connectivity index (χ3v) is 9.06. The molecule has 0 bridgehead atoms. The van der Waals surface area contributed by atoms with Crippen LogP contribution in [0.2, 0.25) is 0 Å². The summed E-state index contributed by atoms with van der Waals surface area (Å²) in [6.45, 7) is 6.85. The second-order valence-corrected chi connectivity index (χ2v) is 10.5. The molecule has 28 heavy (non-hydrogen) atoms. The van der Waals surface area contributed by atoms with Crippen LogP contribution in [0.25, 0.3) is 0 Å². The number of rotatable bonds is 2. The highest BCUT2D eigenvalue weighted by Gasteiger charge is 2.57. The van der Waals surface area contributed by atoms with E-state index in [9.17, 15) is 5.21 Å². The van der Waals surface area contributed by atoms with E-state index in [0.717, 1.165) is 56.1 Å². The summed E-state index contributed by atoms with van der Waals surface area (Å²) in [4.78, 5) is 5.78. The van der Waals surface area contributed by atoms with Gasteiger partial charge in [0.25, 0.3) is 0 Å². The minimum atomic E-state index is 0.113. The van der Waals surface area contributed by atoms with Gasteiger partial charge in [-0.2, -0.15) is 0 Å². The standard InChI is InChI=1S/C23H35N3O2/c1-22-8-3-4-18(22)17-13-21(25-27)20-12-15(26-28-16-7-11-24-14-16)5-10-23(20,2)19(17)6-9-22/h12,16-19,24,27H,3-11,13-14H2,1-2H3/b25-21+,26-15+/t16-,17-,18-,19-,22-,23+/m0/s1. The summed E-state index contributed by atoms with van der Waals surface area (Å²) >= 11 is 0. The lowest BCUT2D eigenvalue weighted by molar-refractivity contribution is -0.0150. The number of fused-ring (bicyclic) bond motifs is 5. The van der Waals surface area contributed by atoms with Crippen LogP contribution in [0.4, 0.5) is 0 Å². The number of hydrogen-bond donors (Lipinski definition) is 2. The van der Waals surface area contributed by atoms with E-state index in [1.165, 1.54) is 37.7 Å². The normalized spacial score (nSPS) is 48.1. The molecule has 5 nitrogen and oxygen atoms in total. The summed E-state index contributed by atoms with van der Waals surface area (Å²) < 4.78 is 0. The third kappa shape index (κ3) is 2.84. The first kappa shape index (κ1) is 18.7. The van der Waals surface area contributed by atoms with Gasteiger partial charge in [0, 0.05) is 13.0 Å². The first-order valence-corrected chi connectivity index (χ1v) is 11.4. The monoisotopic (exact) mass is 385 g/mol. The van der Waals surface area contributed by atoms with Crippen LogP contribution in [0.5, 0.6) is 0 Å². The predicted octanol–water partition coefficient (Wildman–Crippen LogP) is 4.51. The largest absolute Gasteiger partial charge is 0.411 e. The summed E-state index contributed by atoms with van der Waals surface area (Å²) in [6.07, 6.45) is 13.2. The summed E-state index contributed by atoms with van der Waals surface area (Å²) in [5, 5.41) is 21.5. The van der Waals surface area contributed by atoms with Gasteiger partial charge >= 0.3 is 0 Å². The molecule has 0 aromatic heterocycles. The molecule has 5 heteroatoms. The Morgan fingerprint density at radius 2 is 2.04 bits per heavy atom. The molecule has 1 heterocycles. The van der Waals surface area contributed by atoms with Gasteiger partial charge in [-0.1, -0.05) is 30.6 Å². The van der Waals surface area contributed by atoms with Crippen molar-refractivity contribution >= 4 is 11.4 Å². The maximum atomic E-state index is 9.90. The number of oxime groups is 2. The van der Waals surface area contributed by atoms with Crippen molar-refractivity contribution in [3.63, 3.8) is 0 Å². The Morgan fingerprint density at radius 1 is 1.14 bits per heavy atom. The SMILES string of the molecule is C[C@@]12CCC[C@H]1[C@@H]1C/C(=N\O)C3=C/C(=N/O[C@H]4CCNC4)CC[C@]3(C)[C@H]1CC2. The zero-order chi connectivity index (χ0) is 19.4. The molecule has 154 valence electrons. The Morgan fingerprint density at radius 3 is 2.82 bits per heavy atom.